The monoisotopic (exact) mass is 435 g/mol. The van der Waals surface area contributed by atoms with Gasteiger partial charge in [0, 0.05) is 45.3 Å². The Morgan fingerprint density at radius 3 is 2.38 bits per heavy atom. The number of nitrogens with zero attached hydrogens (tertiary/aromatic N) is 3. The van der Waals surface area contributed by atoms with E-state index in [1.165, 1.54) is 0 Å². The molecule has 32 heavy (non-hydrogen) atoms. The molecule has 0 unspecified atom stereocenters. The number of rotatable bonds is 9. The number of piperazine rings is 1. The van der Waals surface area contributed by atoms with E-state index in [9.17, 15) is 9.59 Å². The zero-order chi connectivity index (χ0) is 22.8. The van der Waals surface area contributed by atoms with Crippen LogP contribution in [0, 0.1) is 0 Å². The number of hydrogen-bond donors (Lipinski definition) is 0. The number of likely N-dealkylation sites (N-methyl/N-ethyl adjacent to an activating group) is 1. The number of carbonyl (C=O) groups is 2. The van der Waals surface area contributed by atoms with E-state index < -0.39 is 0 Å². The van der Waals surface area contributed by atoms with Gasteiger partial charge in [-0.3, -0.25) is 14.5 Å². The minimum Gasteiger partial charge on any atom is -0.489 e. The molecular formula is C26H33N3O3. The highest BCUT2D eigenvalue weighted by molar-refractivity contribution is 5.92. The minimum atomic E-state index is -0.00433. The van der Waals surface area contributed by atoms with Gasteiger partial charge in [-0.05, 0) is 43.2 Å². The molecule has 0 N–H and O–H groups in total. The number of amides is 2. The van der Waals surface area contributed by atoms with Gasteiger partial charge in [0.1, 0.15) is 12.4 Å². The Morgan fingerprint density at radius 2 is 1.69 bits per heavy atom. The van der Waals surface area contributed by atoms with Crippen molar-refractivity contribution in [3.05, 3.63) is 71.8 Å². The lowest BCUT2D eigenvalue weighted by atomic mass is 10.2. The molecule has 0 atom stereocenters. The summed E-state index contributed by atoms with van der Waals surface area (Å²) in [5.74, 6) is 0.925. The smallest absolute Gasteiger partial charge is 0.246 e. The molecular weight excluding hydrogens is 402 g/mol. The van der Waals surface area contributed by atoms with Crippen molar-refractivity contribution in [2.45, 2.75) is 20.5 Å². The van der Waals surface area contributed by atoms with Gasteiger partial charge in [0.25, 0.3) is 0 Å². The van der Waals surface area contributed by atoms with Gasteiger partial charge < -0.3 is 14.5 Å². The van der Waals surface area contributed by atoms with Gasteiger partial charge in [-0.15, -0.1) is 0 Å². The molecule has 1 heterocycles. The fraction of sp³-hybridized carbons (Fsp3) is 0.385. The molecule has 0 spiro atoms. The Morgan fingerprint density at radius 1 is 0.969 bits per heavy atom. The molecule has 1 aliphatic rings. The summed E-state index contributed by atoms with van der Waals surface area (Å²) in [4.78, 5) is 30.7. The quantitative estimate of drug-likeness (QED) is 0.567. The van der Waals surface area contributed by atoms with Crippen LogP contribution >= 0.6 is 0 Å². The fourth-order valence-corrected chi connectivity index (χ4v) is 3.72. The average Bonchev–Trinajstić information content (AvgIpc) is 2.83. The number of hydrogen-bond acceptors (Lipinski definition) is 4. The van der Waals surface area contributed by atoms with Crippen LogP contribution in [0.15, 0.2) is 60.7 Å². The first kappa shape index (κ1) is 23.5. The van der Waals surface area contributed by atoms with Crippen molar-refractivity contribution < 1.29 is 14.3 Å². The largest absolute Gasteiger partial charge is 0.489 e. The van der Waals surface area contributed by atoms with Crippen LogP contribution in [0.2, 0.25) is 0 Å². The van der Waals surface area contributed by atoms with Crippen LogP contribution < -0.4 is 4.74 Å². The van der Waals surface area contributed by atoms with Crippen molar-refractivity contribution in [2.24, 2.45) is 0 Å². The summed E-state index contributed by atoms with van der Waals surface area (Å²) in [5, 5.41) is 0. The molecule has 2 aromatic carbocycles. The fourth-order valence-electron chi connectivity index (χ4n) is 3.72. The highest BCUT2D eigenvalue weighted by Gasteiger charge is 2.22. The molecule has 0 aliphatic carbocycles. The summed E-state index contributed by atoms with van der Waals surface area (Å²) in [7, 11) is 0. The van der Waals surface area contributed by atoms with Crippen molar-refractivity contribution >= 4 is 17.9 Å². The first-order valence-corrected chi connectivity index (χ1v) is 11.3. The van der Waals surface area contributed by atoms with Gasteiger partial charge in [-0.25, -0.2) is 0 Å². The second-order valence-corrected chi connectivity index (χ2v) is 7.85. The Kier molecular flexibility index (Phi) is 8.87. The Labute approximate surface area is 191 Å². The normalized spacial score (nSPS) is 14.5. The summed E-state index contributed by atoms with van der Waals surface area (Å²) in [6.07, 6.45) is 3.45. The van der Waals surface area contributed by atoms with E-state index in [0.29, 0.717) is 26.2 Å². The maximum Gasteiger partial charge on any atom is 0.246 e. The standard InChI is InChI=1S/C26H33N3O3/c1-3-28(4-2)26(31)20-27-15-17-29(18-16-27)25(30)14-13-22-11-8-12-24(19-22)32-21-23-9-6-5-7-10-23/h5-14,19H,3-4,15-18,20-21H2,1-2H3/b14-13+. The van der Waals surface area contributed by atoms with Gasteiger partial charge in [-0.2, -0.15) is 0 Å². The molecule has 1 aliphatic heterocycles. The van der Waals surface area contributed by atoms with Crippen LogP contribution in [-0.4, -0.2) is 72.3 Å². The molecule has 2 aromatic rings. The molecule has 0 aromatic heterocycles. The van der Waals surface area contributed by atoms with E-state index in [1.54, 1.807) is 6.08 Å². The number of ether oxygens (including phenoxy) is 1. The van der Waals surface area contributed by atoms with E-state index in [1.807, 2.05) is 84.3 Å². The van der Waals surface area contributed by atoms with Crippen molar-refractivity contribution in [1.29, 1.82) is 0 Å². The van der Waals surface area contributed by atoms with Crippen LogP contribution in [-0.2, 0) is 16.2 Å². The lowest BCUT2D eigenvalue weighted by molar-refractivity contribution is -0.133. The van der Waals surface area contributed by atoms with Crippen LogP contribution in [0.5, 0.6) is 5.75 Å². The molecule has 0 radical (unpaired) electrons. The molecule has 0 bridgehead atoms. The van der Waals surface area contributed by atoms with Gasteiger partial charge >= 0.3 is 0 Å². The Balaban J connectivity index is 1.47. The SMILES string of the molecule is CCN(CC)C(=O)CN1CCN(C(=O)/C=C/c2cccc(OCc3ccccc3)c2)CC1. The van der Waals surface area contributed by atoms with E-state index in [0.717, 1.165) is 43.1 Å². The summed E-state index contributed by atoms with van der Waals surface area (Å²) in [6, 6.07) is 17.8. The number of carbonyl (C=O) groups excluding carboxylic acids is 2. The van der Waals surface area contributed by atoms with Crippen LogP contribution in [0.25, 0.3) is 6.08 Å². The zero-order valence-electron chi connectivity index (χ0n) is 19.1. The summed E-state index contributed by atoms with van der Waals surface area (Å²) in [6.45, 7) is 9.09. The topological polar surface area (TPSA) is 53.1 Å². The van der Waals surface area contributed by atoms with Crippen molar-refractivity contribution in [3.8, 4) is 5.75 Å². The summed E-state index contributed by atoms with van der Waals surface area (Å²) in [5.41, 5.74) is 2.04. The van der Waals surface area contributed by atoms with Crippen LogP contribution in [0.3, 0.4) is 0 Å². The van der Waals surface area contributed by atoms with Crippen molar-refractivity contribution in [1.82, 2.24) is 14.7 Å². The van der Waals surface area contributed by atoms with Crippen molar-refractivity contribution in [3.63, 3.8) is 0 Å². The van der Waals surface area contributed by atoms with E-state index >= 15 is 0 Å². The van der Waals surface area contributed by atoms with Gasteiger partial charge in [0.05, 0.1) is 6.54 Å². The van der Waals surface area contributed by atoms with Crippen LogP contribution in [0.4, 0.5) is 0 Å². The minimum absolute atomic E-state index is 0.00433. The molecule has 1 fully saturated rings. The molecule has 1 saturated heterocycles. The maximum atomic E-state index is 12.6. The lowest BCUT2D eigenvalue weighted by Gasteiger charge is -2.34. The lowest BCUT2D eigenvalue weighted by Crippen LogP contribution is -2.51. The van der Waals surface area contributed by atoms with Crippen molar-refractivity contribution in [2.75, 3.05) is 45.8 Å². The molecule has 2 amide bonds. The van der Waals surface area contributed by atoms with Gasteiger partial charge in [0.15, 0.2) is 0 Å². The van der Waals surface area contributed by atoms with Gasteiger partial charge in [-0.1, -0.05) is 42.5 Å². The molecule has 6 nitrogen and oxygen atoms in total. The number of benzene rings is 2. The second-order valence-electron chi connectivity index (χ2n) is 7.85. The first-order chi connectivity index (χ1) is 15.6. The summed E-state index contributed by atoms with van der Waals surface area (Å²) < 4.78 is 5.87. The third kappa shape index (κ3) is 6.95. The third-order valence-electron chi connectivity index (χ3n) is 5.68. The van der Waals surface area contributed by atoms with E-state index in [-0.39, 0.29) is 11.8 Å². The average molecular weight is 436 g/mol. The molecule has 6 heteroatoms. The highest BCUT2D eigenvalue weighted by atomic mass is 16.5. The molecule has 170 valence electrons. The maximum absolute atomic E-state index is 12.6. The Hall–Kier alpha value is -3.12. The van der Waals surface area contributed by atoms with Crippen LogP contribution in [0.1, 0.15) is 25.0 Å². The molecule has 3 rings (SSSR count). The van der Waals surface area contributed by atoms with E-state index in [4.69, 9.17) is 4.74 Å². The second kappa shape index (κ2) is 12.1. The summed E-state index contributed by atoms with van der Waals surface area (Å²) >= 11 is 0. The third-order valence-corrected chi connectivity index (χ3v) is 5.68. The Bertz CT molecular complexity index is 902. The zero-order valence-corrected chi connectivity index (χ0v) is 19.1. The predicted octanol–water partition coefficient (Wildman–Crippen LogP) is 3.29. The van der Waals surface area contributed by atoms with Gasteiger partial charge in [0.2, 0.25) is 11.8 Å². The van der Waals surface area contributed by atoms with E-state index in [2.05, 4.69) is 4.90 Å². The molecule has 0 saturated carbocycles. The highest BCUT2D eigenvalue weighted by Crippen LogP contribution is 2.16. The first-order valence-electron chi connectivity index (χ1n) is 11.3. The predicted molar refractivity (Wildman–Crippen MR) is 127 cm³/mol.